The van der Waals surface area contributed by atoms with Crippen LogP contribution in [0.2, 0.25) is 5.02 Å². The minimum atomic E-state index is 0.779. The van der Waals surface area contributed by atoms with E-state index in [-0.39, 0.29) is 0 Å². The average molecular weight is 341 g/mol. The fraction of sp³-hybridized carbons (Fsp3) is 0.158. The average Bonchev–Trinajstić information content (AvgIpc) is 3.19. The predicted molar refractivity (Wildman–Crippen MR) is 101 cm³/mol. The van der Waals surface area contributed by atoms with Crippen LogP contribution < -0.4 is 5.32 Å². The molecule has 0 unspecified atom stereocenters. The van der Waals surface area contributed by atoms with Gasteiger partial charge in [-0.05, 0) is 29.8 Å². The summed E-state index contributed by atoms with van der Waals surface area (Å²) >= 11 is 7.90. The predicted octanol–water partition coefficient (Wildman–Crippen LogP) is 4.98. The van der Waals surface area contributed by atoms with Crippen LogP contribution in [0.3, 0.4) is 0 Å². The van der Waals surface area contributed by atoms with E-state index in [1.807, 2.05) is 23.9 Å². The van der Waals surface area contributed by atoms with Crippen molar-refractivity contribution < 1.29 is 0 Å². The molecule has 1 aromatic heterocycles. The summed E-state index contributed by atoms with van der Waals surface area (Å²) < 4.78 is 2.31. The first kappa shape index (κ1) is 14.7. The molecule has 3 aromatic rings. The lowest BCUT2D eigenvalue weighted by Gasteiger charge is -2.05. The molecular weight excluding hydrogens is 324 g/mol. The molecular formula is C19H17ClN2S. The van der Waals surface area contributed by atoms with Crippen LogP contribution in [-0.4, -0.2) is 16.2 Å². The number of hydrogen-bond donors (Lipinski definition) is 1. The molecule has 2 heterocycles. The van der Waals surface area contributed by atoms with Gasteiger partial charge in [-0.15, -0.1) is 11.8 Å². The van der Waals surface area contributed by atoms with E-state index in [0.29, 0.717) is 0 Å². The minimum Gasteiger partial charge on any atom is -0.379 e. The van der Waals surface area contributed by atoms with Gasteiger partial charge in [0.1, 0.15) is 0 Å². The normalized spacial score (nSPS) is 16.1. The van der Waals surface area contributed by atoms with Gasteiger partial charge in [-0.1, -0.05) is 41.9 Å². The Hall–Kier alpha value is -1.84. The third-order valence-corrected chi connectivity index (χ3v) is 5.19. The standard InChI is InChI=1S/C19H17ClN2S/c20-16-7-5-14(6-8-16)10-22-11-15(9-17-12-23-13-21-17)18-3-1-2-4-19(18)22/h1-9,11,21H,10,12-13H2. The first-order chi connectivity index (χ1) is 11.3. The number of halogens is 1. The first-order valence-electron chi connectivity index (χ1n) is 7.64. The second-order valence-electron chi connectivity index (χ2n) is 5.70. The van der Waals surface area contributed by atoms with Crippen molar-refractivity contribution in [3.8, 4) is 0 Å². The molecule has 0 atom stereocenters. The largest absolute Gasteiger partial charge is 0.379 e. The fourth-order valence-corrected chi connectivity index (χ4v) is 3.86. The fourth-order valence-electron chi connectivity index (χ4n) is 2.94. The Bertz CT molecular complexity index is 857. The second kappa shape index (κ2) is 6.34. The summed E-state index contributed by atoms with van der Waals surface area (Å²) in [5.41, 5.74) is 5.10. The van der Waals surface area contributed by atoms with Gasteiger partial charge in [-0.3, -0.25) is 0 Å². The van der Waals surface area contributed by atoms with Gasteiger partial charge in [0.05, 0.1) is 5.88 Å². The van der Waals surface area contributed by atoms with E-state index in [1.165, 1.54) is 27.7 Å². The summed E-state index contributed by atoms with van der Waals surface area (Å²) in [5.74, 6) is 2.08. The van der Waals surface area contributed by atoms with Gasteiger partial charge in [0, 0.05) is 45.7 Å². The molecule has 0 radical (unpaired) electrons. The smallest absolute Gasteiger partial charge is 0.0612 e. The van der Waals surface area contributed by atoms with Gasteiger partial charge in [0.25, 0.3) is 0 Å². The number of rotatable bonds is 3. The highest BCUT2D eigenvalue weighted by Gasteiger charge is 2.10. The highest BCUT2D eigenvalue weighted by molar-refractivity contribution is 7.99. The molecule has 2 aromatic carbocycles. The molecule has 116 valence electrons. The maximum absolute atomic E-state index is 5.99. The third-order valence-electron chi connectivity index (χ3n) is 4.07. The Morgan fingerprint density at radius 3 is 2.74 bits per heavy atom. The van der Waals surface area contributed by atoms with E-state index in [4.69, 9.17) is 11.6 Å². The van der Waals surface area contributed by atoms with Crippen LogP contribution in [0.5, 0.6) is 0 Å². The van der Waals surface area contributed by atoms with Crippen molar-refractivity contribution >= 4 is 40.3 Å². The number of thioether (sulfide) groups is 1. The molecule has 0 saturated carbocycles. The molecule has 0 amide bonds. The van der Waals surface area contributed by atoms with E-state index in [9.17, 15) is 0 Å². The van der Waals surface area contributed by atoms with Crippen LogP contribution in [0.15, 0.2) is 60.4 Å². The second-order valence-corrected chi connectivity index (χ2v) is 7.12. The zero-order valence-corrected chi connectivity index (χ0v) is 14.2. The summed E-state index contributed by atoms with van der Waals surface area (Å²) in [6.45, 7) is 0.850. The van der Waals surface area contributed by atoms with Crippen LogP contribution in [-0.2, 0) is 6.54 Å². The summed E-state index contributed by atoms with van der Waals surface area (Å²) in [7, 11) is 0. The van der Waals surface area contributed by atoms with E-state index in [0.717, 1.165) is 23.2 Å². The summed E-state index contributed by atoms with van der Waals surface area (Å²) in [6, 6.07) is 16.7. The number of para-hydroxylation sites is 1. The van der Waals surface area contributed by atoms with Gasteiger partial charge >= 0.3 is 0 Å². The SMILES string of the molecule is Clc1ccc(Cn2cc(C=C3CSCN3)c3ccccc32)cc1. The van der Waals surface area contributed by atoms with Crippen LogP contribution in [0.1, 0.15) is 11.1 Å². The molecule has 0 bridgehead atoms. The summed E-state index contributed by atoms with van der Waals surface area (Å²) in [4.78, 5) is 0. The Morgan fingerprint density at radius 2 is 1.96 bits per heavy atom. The molecule has 1 aliphatic heterocycles. The minimum absolute atomic E-state index is 0.779. The molecule has 2 nitrogen and oxygen atoms in total. The Kier molecular flexibility index (Phi) is 4.06. The van der Waals surface area contributed by atoms with Crippen molar-refractivity contribution in [3.63, 3.8) is 0 Å². The van der Waals surface area contributed by atoms with Gasteiger partial charge in [-0.25, -0.2) is 0 Å². The van der Waals surface area contributed by atoms with Crippen molar-refractivity contribution in [2.24, 2.45) is 0 Å². The topological polar surface area (TPSA) is 17.0 Å². The number of fused-ring (bicyclic) bond motifs is 1. The zero-order valence-electron chi connectivity index (χ0n) is 12.6. The Morgan fingerprint density at radius 1 is 1.13 bits per heavy atom. The van der Waals surface area contributed by atoms with Crippen molar-refractivity contribution in [2.45, 2.75) is 6.54 Å². The molecule has 1 N–H and O–H groups in total. The lowest BCUT2D eigenvalue weighted by atomic mass is 10.1. The van der Waals surface area contributed by atoms with Crippen molar-refractivity contribution in [1.29, 1.82) is 0 Å². The molecule has 4 rings (SSSR count). The molecule has 4 heteroatoms. The van der Waals surface area contributed by atoms with Gasteiger partial charge in [0.2, 0.25) is 0 Å². The third kappa shape index (κ3) is 3.12. The maximum Gasteiger partial charge on any atom is 0.0612 e. The lowest BCUT2D eigenvalue weighted by Crippen LogP contribution is -2.03. The molecule has 1 aliphatic rings. The molecule has 23 heavy (non-hydrogen) atoms. The summed E-state index contributed by atoms with van der Waals surface area (Å²) in [5, 5.41) is 5.51. The quantitative estimate of drug-likeness (QED) is 0.724. The van der Waals surface area contributed by atoms with Gasteiger partial charge in [0.15, 0.2) is 0 Å². The molecule has 1 saturated heterocycles. The first-order valence-corrected chi connectivity index (χ1v) is 9.17. The van der Waals surface area contributed by atoms with E-state index in [1.54, 1.807) is 0 Å². The van der Waals surface area contributed by atoms with Crippen molar-refractivity contribution in [2.75, 3.05) is 11.6 Å². The van der Waals surface area contributed by atoms with Gasteiger partial charge < -0.3 is 9.88 Å². The van der Waals surface area contributed by atoms with E-state index >= 15 is 0 Å². The van der Waals surface area contributed by atoms with Crippen LogP contribution in [0, 0.1) is 0 Å². The molecule has 0 spiro atoms. The Labute approximate surface area is 145 Å². The van der Waals surface area contributed by atoms with Crippen molar-refractivity contribution in [1.82, 2.24) is 9.88 Å². The number of aromatic nitrogens is 1. The molecule has 1 fully saturated rings. The molecule has 0 aliphatic carbocycles. The van der Waals surface area contributed by atoms with Crippen LogP contribution in [0.4, 0.5) is 0 Å². The van der Waals surface area contributed by atoms with Crippen molar-refractivity contribution in [3.05, 3.63) is 76.6 Å². The van der Waals surface area contributed by atoms with Crippen LogP contribution in [0.25, 0.3) is 17.0 Å². The highest BCUT2D eigenvalue weighted by Crippen LogP contribution is 2.26. The number of nitrogens with zero attached hydrogens (tertiary/aromatic N) is 1. The zero-order chi connectivity index (χ0) is 15.6. The number of hydrogen-bond acceptors (Lipinski definition) is 2. The lowest BCUT2D eigenvalue weighted by molar-refractivity contribution is 0.836. The monoisotopic (exact) mass is 340 g/mol. The summed E-state index contributed by atoms with van der Waals surface area (Å²) in [6.07, 6.45) is 4.53. The van der Waals surface area contributed by atoms with E-state index < -0.39 is 0 Å². The Balaban J connectivity index is 1.74. The number of benzene rings is 2. The highest BCUT2D eigenvalue weighted by atomic mass is 35.5. The maximum atomic E-state index is 5.99. The van der Waals surface area contributed by atoms with Gasteiger partial charge in [-0.2, -0.15) is 0 Å². The van der Waals surface area contributed by atoms with E-state index in [2.05, 4.69) is 58.6 Å². The number of nitrogens with one attached hydrogen (secondary N) is 1. The van der Waals surface area contributed by atoms with Crippen LogP contribution >= 0.6 is 23.4 Å².